The molecule has 7 nitrogen and oxygen atoms in total. The molecule has 0 saturated carbocycles. The van der Waals surface area contributed by atoms with Crippen LogP contribution in [0.25, 0.3) is 17.3 Å². The number of rotatable bonds is 9. The van der Waals surface area contributed by atoms with Gasteiger partial charge in [0.25, 0.3) is 5.91 Å². The van der Waals surface area contributed by atoms with Crippen LogP contribution in [0.3, 0.4) is 0 Å². The Morgan fingerprint density at radius 1 is 1.25 bits per heavy atom. The van der Waals surface area contributed by atoms with Crippen molar-refractivity contribution in [2.24, 2.45) is 5.92 Å². The van der Waals surface area contributed by atoms with E-state index in [0.29, 0.717) is 45.7 Å². The summed E-state index contributed by atoms with van der Waals surface area (Å²) in [7, 11) is 0. The first kappa shape index (κ1) is 22.6. The number of amides is 1. The van der Waals surface area contributed by atoms with Gasteiger partial charge in [0.2, 0.25) is 5.82 Å². The summed E-state index contributed by atoms with van der Waals surface area (Å²) in [6, 6.07) is 11.1. The monoisotopic (exact) mass is 487 g/mol. The summed E-state index contributed by atoms with van der Waals surface area (Å²) in [6.45, 7) is 4.90. The number of halogens is 1. The van der Waals surface area contributed by atoms with E-state index in [1.165, 1.54) is 23.1 Å². The van der Waals surface area contributed by atoms with Crippen molar-refractivity contribution in [2.75, 3.05) is 6.54 Å². The van der Waals surface area contributed by atoms with E-state index in [1.54, 1.807) is 17.7 Å². The van der Waals surface area contributed by atoms with E-state index in [9.17, 15) is 4.79 Å². The first-order valence-corrected chi connectivity index (χ1v) is 12.4. The maximum absolute atomic E-state index is 12.3. The zero-order valence-electron chi connectivity index (χ0n) is 17.6. The molecule has 0 aliphatic heterocycles. The molecule has 0 saturated heterocycles. The van der Waals surface area contributed by atoms with Crippen molar-refractivity contribution in [2.45, 2.75) is 31.2 Å². The van der Waals surface area contributed by atoms with E-state index in [2.05, 4.69) is 34.3 Å². The average molecular weight is 488 g/mol. The molecular weight excluding hydrogens is 466 g/mol. The molecule has 0 bridgehead atoms. The lowest BCUT2D eigenvalue weighted by Crippen LogP contribution is -2.25. The number of hydrogen-bond acceptors (Lipinski definition) is 7. The topological polar surface area (TPSA) is 85.8 Å². The number of carbonyl (C=O) groups is 1. The number of carbonyl (C=O) groups excluding carboxylic acids is 1. The Morgan fingerprint density at radius 3 is 2.84 bits per heavy atom. The van der Waals surface area contributed by atoms with E-state index in [1.807, 2.05) is 34.9 Å². The molecule has 1 aromatic carbocycles. The van der Waals surface area contributed by atoms with Crippen LogP contribution in [0.5, 0.6) is 0 Å². The largest absolute Gasteiger partial charge is 0.461 e. The van der Waals surface area contributed by atoms with Crippen LogP contribution >= 0.6 is 34.7 Å². The van der Waals surface area contributed by atoms with E-state index in [0.717, 1.165) is 17.1 Å². The molecule has 4 aromatic rings. The SMILES string of the molecule is CC(C)CCNC(=O)c1csc(CSc2nnc(-c3ccco3)n2-c2ccccc2Cl)n1. The molecule has 10 heteroatoms. The minimum Gasteiger partial charge on any atom is -0.461 e. The summed E-state index contributed by atoms with van der Waals surface area (Å²) < 4.78 is 7.42. The smallest absolute Gasteiger partial charge is 0.270 e. The second-order valence-electron chi connectivity index (χ2n) is 7.42. The maximum Gasteiger partial charge on any atom is 0.270 e. The van der Waals surface area contributed by atoms with Crippen LogP contribution in [-0.4, -0.2) is 32.2 Å². The van der Waals surface area contributed by atoms with Gasteiger partial charge in [0, 0.05) is 11.9 Å². The Morgan fingerprint density at radius 2 is 2.09 bits per heavy atom. The third-order valence-corrected chi connectivity index (χ3v) is 6.88. The fraction of sp³-hybridized carbons (Fsp3) is 0.273. The molecule has 0 atom stereocenters. The number of thiazole rings is 1. The fourth-order valence-corrected chi connectivity index (χ4v) is 4.91. The van der Waals surface area contributed by atoms with E-state index in [-0.39, 0.29) is 5.91 Å². The maximum atomic E-state index is 12.3. The predicted octanol–water partition coefficient (Wildman–Crippen LogP) is 5.71. The highest BCUT2D eigenvalue weighted by Crippen LogP contribution is 2.33. The zero-order valence-corrected chi connectivity index (χ0v) is 20.0. The van der Waals surface area contributed by atoms with Crippen LogP contribution in [0.1, 0.15) is 35.8 Å². The first-order valence-electron chi connectivity index (χ1n) is 10.1. The average Bonchev–Trinajstić information content (AvgIpc) is 3.52. The highest BCUT2D eigenvalue weighted by molar-refractivity contribution is 7.98. The fourth-order valence-electron chi connectivity index (χ4n) is 2.95. The van der Waals surface area contributed by atoms with E-state index in [4.69, 9.17) is 16.0 Å². The van der Waals surface area contributed by atoms with Crippen LogP contribution in [0.4, 0.5) is 0 Å². The van der Waals surface area contributed by atoms with Gasteiger partial charge < -0.3 is 9.73 Å². The summed E-state index contributed by atoms with van der Waals surface area (Å²) in [5.41, 5.74) is 1.20. The number of nitrogens with one attached hydrogen (secondary N) is 1. The number of hydrogen-bond donors (Lipinski definition) is 1. The van der Waals surface area contributed by atoms with Gasteiger partial charge >= 0.3 is 0 Å². The molecule has 0 radical (unpaired) electrons. The Kier molecular flexibility index (Phi) is 7.29. The summed E-state index contributed by atoms with van der Waals surface area (Å²) in [6.07, 6.45) is 2.53. The third-order valence-electron chi connectivity index (χ3n) is 4.58. The van der Waals surface area contributed by atoms with Crippen molar-refractivity contribution < 1.29 is 9.21 Å². The minimum absolute atomic E-state index is 0.141. The van der Waals surface area contributed by atoms with Gasteiger partial charge in [0.1, 0.15) is 10.7 Å². The Balaban J connectivity index is 1.52. The molecule has 0 fully saturated rings. The summed E-state index contributed by atoms with van der Waals surface area (Å²) >= 11 is 9.39. The molecule has 32 heavy (non-hydrogen) atoms. The van der Waals surface area contributed by atoms with Gasteiger partial charge in [-0.1, -0.05) is 49.3 Å². The lowest BCUT2D eigenvalue weighted by Gasteiger charge is -2.10. The van der Waals surface area contributed by atoms with Crippen molar-refractivity contribution in [3.05, 3.63) is 63.8 Å². The highest BCUT2D eigenvalue weighted by Gasteiger charge is 2.20. The lowest BCUT2D eigenvalue weighted by atomic mass is 10.1. The van der Waals surface area contributed by atoms with Gasteiger partial charge in [-0.05, 0) is 36.6 Å². The van der Waals surface area contributed by atoms with Gasteiger partial charge in [-0.2, -0.15) is 0 Å². The first-order chi connectivity index (χ1) is 15.5. The number of benzene rings is 1. The number of nitrogens with zero attached hydrogens (tertiary/aromatic N) is 4. The van der Waals surface area contributed by atoms with Crippen LogP contribution in [0.15, 0.2) is 57.6 Å². The molecule has 0 unspecified atom stereocenters. The lowest BCUT2D eigenvalue weighted by molar-refractivity contribution is 0.0947. The Bertz CT molecular complexity index is 1190. The summed E-state index contributed by atoms with van der Waals surface area (Å²) in [5, 5.41) is 15.5. The molecule has 0 aliphatic rings. The summed E-state index contributed by atoms with van der Waals surface area (Å²) in [4.78, 5) is 16.8. The van der Waals surface area contributed by atoms with Crippen LogP contribution in [0, 0.1) is 5.92 Å². The highest BCUT2D eigenvalue weighted by atomic mass is 35.5. The van der Waals surface area contributed by atoms with Crippen LogP contribution < -0.4 is 5.32 Å². The number of aromatic nitrogens is 4. The van der Waals surface area contributed by atoms with Crippen molar-refractivity contribution in [1.82, 2.24) is 25.1 Å². The summed E-state index contributed by atoms with van der Waals surface area (Å²) in [5.74, 6) is 2.11. The van der Waals surface area contributed by atoms with Gasteiger partial charge in [-0.25, -0.2) is 4.98 Å². The zero-order chi connectivity index (χ0) is 22.5. The molecule has 0 spiro atoms. The van der Waals surface area contributed by atoms with E-state index >= 15 is 0 Å². The predicted molar refractivity (Wildman–Crippen MR) is 128 cm³/mol. The Labute approximate surface area is 199 Å². The number of thioether (sulfide) groups is 1. The van der Waals surface area contributed by atoms with Crippen molar-refractivity contribution >= 4 is 40.6 Å². The van der Waals surface area contributed by atoms with Gasteiger partial charge in [0.05, 0.1) is 22.7 Å². The quantitative estimate of drug-likeness (QED) is 0.304. The normalized spacial score (nSPS) is 11.2. The van der Waals surface area contributed by atoms with Gasteiger partial charge in [-0.15, -0.1) is 21.5 Å². The number of furan rings is 1. The second-order valence-corrected chi connectivity index (χ2v) is 9.72. The van der Waals surface area contributed by atoms with Crippen LogP contribution in [-0.2, 0) is 5.75 Å². The second kappa shape index (κ2) is 10.3. The third kappa shape index (κ3) is 5.23. The van der Waals surface area contributed by atoms with Crippen molar-refractivity contribution in [1.29, 1.82) is 0 Å². The van der Waals surface area contributed by atoms with Gasteiger partial charge in [-0.3, -0.25) is 9.36 Å². The Hall–Kier alpha value is -2.62. The number of para-hydroxylation sites is 1. The molecule has 0 aliphatic carbocycles. The molecule has 166 valence electrons. The molecular formula is C22H22ClN5O2S2. The van der Waals surface area contributed by atoms with Crippen molar-refractivity contribution in [3.63, 3.8) is 0 Å². The standard InChI is InChI=1S/C22H22ClN5O2S2/c1-14(2)9-10-24-21(29)16-12-31-19(25-16)13-32-22-27-26-20(18-8-5-11-30-18)28(22)17-7-4-3-6-15(17)23/h3-8,11-12,14H,9-10,13H2,1-2H3,(H,24,29). The molecule has 3 heterocycles. The van der Waals surface area contributed by atoms with Crippen molar-refractivity contribution in [3.8, 4) is 17.3 Å². The minimum atomic E-state index is -0.141. The van der Waals surface area contributed by atoms with E-state index < -0.39 is 0 Å². The van der Waals surface area contributed by atoms with Gasteiger partial charge in [0.15, 0.2) is 10.9 Å². The molecule has 4 rings (SSSR count). The van der Waals surface area contributed by atoms with Crippen LogP contribution in [0.2, 0.25) is 5.02 Å². The molecule has 3 aromatic heterocycles. The molecule has 1 amide bonds. The molecule has 1 N–H and O–H groups in total.